The Morgan fingerprint density at radius 1 is 0.966 bits per heavy atom. The average molecular weight is 454 g/mol. The minimum absolute atomic E-state index is 0.0652. The largest absolute Gasteiger partial charge is 0.388 e. The van der Waals surface area contributed by atoms with Crippen LogP contribution in [-0.4, -0.2) is 11.0 Å². The molecule has 3 aromatic carbocycles. The van der Waals surface area contributed by atoms with Gasteiger partial charge in [-0.25, -0.2) is 4.39 Å². The zero-order chi connectivity index (χ0) is 20.4. The van der Waals surface area contributed by atoms with Crippen LogP contribution in [0.15, 0.2) is 83.3 Å². The number of halogens is 2. The highest BCUT2D eigenvalue weighted by atomic mass is 79.9. The molecule has 0 saturated carbocycles. The number of aliphatic hydroxyl groups is 1. The van der Waals surface area contributed by atoms with Crippen molar-refractivity contribution < 1.29 is 14.3 Å². The van der Waals surface area contributed by atoms with E-state index in [4.69, 9.17) is 0 Å². The summed E-state index contributed by atoms with van der Waals surface area (Å²) in [6.07, 6.45) is 0.277. The molecule has 4 rings (SSSR count). The van der Waals surface area contributed by atoms with Crippen LogP contribution in [0.2, 0.25) is 0 Å². The summed E-state index contributed by atoms with van der Waals surface area (Å²) >= 11 is 3.46. The van der Waals surface area contributed by atoms with Gasteiger partial charge in [0.25, 0.3) is 0 Å². The number of carbonyl (C=O) groups excluding carboxylic acids is 1. The van der Waals surface area contributed by atoms with Crippen molar-refractivity contribution in [3.63, 3.8) is 0 Å². The molecule has 0 unspecified atom stereocenters. The van der Waals surface area contributed by atoms with Crippen LogP contribution in [0.3, 0.4) is 0 Å². The fraction of sp³-hybridized carbons (Fsp3) is 0.208. The summed E-state index contributed by atoms with van der Waals surface area (Å²) in [5, 5.41) is 10.5. The summed E-state index contributed by atoms with van der Waals surface area (Å²) in [7, 11) is 0. The second-order valence-electron chi connectivity index (χ2n) is 7.29. The molecule has 1 fully saturated rings. The van der Waals surface area contributed by atoms with Crippen molar-refractivity contribution in [1.29, 1.82) is 0 Å². The normalized spacial score (nSPS) is 19.7. The molecular formula is C24H21BrFNO2. The van der Waals surface area contributed by atoms with E-state index in [0.717, 1.165) is 15.7 Å². The van der Waals surface area contributed by atoms with E-state index in [-0.39, 0.29) is 23.7 Å². The summed E-state index contributed by atoms with van der Waals surface area (Å²) in [6.45, 7) is 0. The number of amides is 1. The molecule has 1 N–H and O–H groups in total. The lowest BCUT2D eigenvalue weighted by Gasteiger charge is -2.48. The van der Waals surface area contributed by atoms with E-state index in [9.17, 15) is 14.3 Å². The Labute approximate surface area is 177 Å². The molecule has 1 heterocycles. The number of rotatable bonds is 6. The highest BCUT2D eigenvalue weighted by Gasteiger charge is 2.48. The van der Waals surface area contributed by atoms with Gasteiger partial charge in [0.1, 0.15) is 5.82 Å². The van der Waals surface area contributed by atoms with Crippen molar-refractivity contribution in [3.8, 4) is 0 Å². The van der Waals surface area contributed by atoms with Crippen molar-refractivity contribution in [2.24, 2.45) is 5.92 Å². The third-order valence-corrected chi connectivity index (χ3v) is 5.99. The van der Waals surface area contributed by atoms with Crippen LogP contribution >= 0.6 is 15.9 Å². The van der Waals surface area contributed by atoms with Crippen molar-refractivity contribution in [2.45, 2.75) is 25.0 Å². The molecule has 148 valence electrons. The predicted molar refractivity (Wildman–Crippen MR) is 115 cm³/mol. The fourth-order valence-corrected chi connectivity index (χ4v) is 4.20. The van der Waals surface area contributed by atoms with Gasteiger partial charge in [0.15, 0.2) is 0 Å². The van der Waals surface area contributed by atoms with E-state index in [1.54, 1.807) is 12.1 Å². The number of aliphatic hydroxyl groups excluding tert-OH is 1. The highest BCUT2D eigenvalue weighted by molar-refractivity contribution is 9.10. The van der Waals surface area contributed by atoms with E-state index in [2.05, 4.69) is 15.9 Å². The van der Waals surface area contributed by atoms with Crippen LogP contribution in [-0.2, 0) is 4.79 Å². The van der Waals surface area contributed by atoms with Gasteiger partial charge in [-0.1, -0.05) is 58.4 Å². The van der Waals surface area contributed by atoms with Crippen molar-refractivity contribution in [1.82, 2.24) is 0 Å². The first-order valence-corrected chi connectivity index (χ1v) is 10.4. The molecule has 0 radical (unpaired) electrons. The maximum absolute atomic E-state index is 13.1. The van der Waals surface area contributed by atoms with E-state index in [1.165, 1.54) is 12.1 Å². The van der Waals surface area contributed by atoms with Crippen molar-refractivity contribution in [2.75, 3.05) is 4.90 Å². The minimum atomic E-state index is -0.722. The highest BCUT2D eigenvalue weighted by Crippen LogP contribution is 2.46. The molecule has 0 spiro atoms. The van der Waals surface area contributed by atoms with Gasteiger partial charge in [-0.05, 0) is 60.4 Å². The maximum Gasteiger partial charge on any atom is 0.233 e. The molecule has 1 aliphatic heterocycles. The van der Waals surface area contributed by atoms with Gasteiger partial charge in [-0.15, -0.1) is 0 Å². The summed E-state index contributed by atoms with van der Waals surface area (Å²) in [5.41, 5.74) is 2.61. The third kappa shape index (κ3) is 4.11. The number of hydrogen-bond donors (Lipinski definition) is 1. The lowest BCUT2D eigenvalue weighted by Crippen LogP contribution is -2.55. The maximum atomic E-state index is 13.1. The number of β-lactam (4-membered cyclic amide) rings is 1. The average Bonchev–Trinajstić information content (AvgIpc) is 2.74. The SMILES string of the molecule is O=C1[C@H](CC[C@H](O)c2ccc(F)cc2)[C@@H](c2ccc(Br)cc2)N1c1ccccc1. The molecule has 0 aliphatic carbocycles. The van der Waals surface area contributed by atoms with E-state index >= 15 is 0 Å². The van der Waals surface area contributed by atoms with E-state index < -0.39 is 6.10 Å². The van der Waals surface area contributed by atoms with Gasteiger partial charge in [0.05, 0.1) is 18.1 Å². The van der Waals surface area contributed by atoms with E-state index in [1.807, 2.05) is 59.5 Å². The Morgan fingerprint density at radius 2 is 1.62 bits per heavy atom. The molecule has 0 aromatic heterocycles. The van der Waals surface area contributed by atoms with Crippen LogP contribution in [0.1, 0.15) is 36.1 Å². The number of benzene rings is 3. The van der Waals surface area contributed by atoms with Gasteiger partial charge < -0.3 is 10.0 Å². The summed E-state index contributed by atoms with van der Waals surface area (Å²) in [5.74, 6) is -0.467. The topological polar surface area (TPSA) is 40.5 Å². The smallest absolute Gasteiger partial charge is 0.233 e. The van der Waals surface area contributed by atoms with Crippen LogP contribution < -0.4 is 4.90 Å². The molecule has 1 aliphatic rings. The van der Waals surface area contributed by atoms with E-state index in [0.29, 0.717) is 18.4 Å². The lowest BCUT2D eigenvalue weighted by atomic mass is 9.78. The zero-order valence-electron chi connectivity index (χ0n) is 15.7. The fourth-order valence-electron chi connectivity index (χ4n) is 3.94. The summed E-state index contributed by atoms with van der Waals surface area (Å²) in [4.78, 5) is 14.8. The molecule has 29 heavy (non-hydrogen) atoms. The summed E-state index contributed by atoms with van der Waals surface area (Å²) < 4.78 is 14.1. The molecule has 0 bridgehead atoms. The Balaban J connectivity index is 1.54. The Bertz CT molecular complexity index is 976. The first-order valence-electron chi connectivity index (χ1n) is 9.61. The Morgan fingerprint density at radius 3 is 2.28 bits per heavy atom. The second-order valence-corrected chi connectivity index (χ2v) is 8.21. The van der Waals surface area contributed by atoms with Crippen molar-refractivity contribution >= 4 is 27.5 Å². The van der Waals surface area contributed by atoms with Gasteiger partial charge >= 0.3 is 0 Å². The van der Waals surface area contributed by atoms with Gasteiger partial charge in [-0.2, -0.15) is 0 Å². The monoisotopic (exact) mass is 453 g/mol. The first kappa shape index (κ1) is 19.8. The van der Waals surface area contributed by atoms with Gasteiger partial charge in [-0.3, -0.25) is 4.79 Å². The molecular weight excluding hydrogens is 433 g/mol. The zero-order valence-corrected chi connectivity index (χ0v) is 17.3. The quantitative estimate of drug-likeness (QED) is 0.478. The molecule has 3 atom stereocenters. The Hall–Kier alpha value is -2.50. The van der Waals surface area contributed by atoms with Crippen LogP contribution in [0.5, 0.6) is 0 Å². The van der Waals surface area contributed by atoms with Gasteiger partial charge in [0.2, 0.25) is 5.91 Å². The standard InChI is InChI=1S/C24H21BrFNO2/c25-18-10-6-17(7-11-18)23-21(24(29)27(23)20-4-2-1-3-5-20)14-15-22(28)16-8-12-19(26)13-9-16/h1-13,21-23,28H,14-15H2/t21-,22+,23-/m1/s1. The van der Waals surface area contributed by atoms with Crippen LogP contribution in [0.25, 0.3) is 0 Å². The first-order chi connectivity index (χ1) is 14.0. The lowest BCUT2D eigenvalue weighted by molar-refractivity contribution is -0.131. The molecule has 1 amide bonds. The number of hydrogen-bond acceptors (Lipinski definition) is 2. The number of anilines is 1. The van der Waals surface area contributed by atoms with Crippen molar-refractivity contribution in [3.05, 3.63) is 100 Å². The molecule has 1 saturated heterocycles. The molecule has 3 aromatic rings. The number of nitrogens with zero attached hydrogens (tertiary/aromatic N) is 1. The van der Waals surface area contributed by atoms with Crippen LogP contribution in [0.4, 0.5) is 10.1 Å². The summed E-state index contributed by atoms with van der Waals surface area (Å²) in [6, 6.07) is 23.5. The molecule has 5 heteroatoms. The minimum Gasteiger partial charge on any atom is -0.388 e. The number of para-hydroxylation sites is 1. The predicted octanol–water partition coefficient (Wildman–Crippen LogP) is 5.81. The second kappa shape index (κ2) is 8.47. The molecule has 3 nitrogen and oxygen atoms in total. The third-order valence-electron chi connectivity index (χ3n) is 5.47. The van der Waals surface area contributed by atoms with Gasteiger partial charge in [0, 0.05) is 10.2 Å². The Kier molecular flexibility index (Phi) is 5.79. The number of carbonyl (C=O) groups is 1. The van der Waals surface area contributed by atoms with Crippen LogP contribution in [0, 0.1) is 11.7 Å².